The molecular weight excluding hydrogens is 1040 g/mol. The molecule has 0 aromatic carbocycles. The summed E-state index contributed by atoms with van der Waals surface area (Å²) in [5, 5.41) is 31.6. The van der Waals surface area contributed by atoms with Crippen LogP contribution < -0.4 is 0 Å². The molecule has 0 bridgehead atoms. The minimum Gasteiger partial charge on any atom is -0.479 e. The molecule has 0 amide bonds. The first kappa shape index (κ1) is 76.9. The molecular formula is C71H120O12. The highest BCUT2D eigenvalue weighted by molar-refractivity contribution is 5.74. The van der Waals surface area contributed by atoms with Crippen molar-refractivity contribution in [3.63, 3.8) is 0 Å². The number of hydrogen-bond donors (Lipinski definition) is 3. The fourth-order valence-corrected chi connectivity index (χ4v) is 9.84. The molecule has 1 fully saturated rings. The van der Waals surface area contributed by atoms with Crippen molar-refractivity contribution in [3.8, 4) is 0 Å². The highest BCUT2D eigenvalue weighted by Crippen LogP contribution is 2.27. The molecule has 0 aromatic rings. The maximum Gasteiger partial charge on any atom is 0.335 e. The Kier molecular flexibility index (Phi) is 54.0. The Balaban J connectivity index is 2.66. The minimum absolute atomic E-state index is 0.0414. The molecule has 1 aliphatic heterocycles. The van der Waals surface area contributed by atoms with Gasteiger partial charge in [-0.2, -0.15) is 0 Å². The normalized spacial score (nSPS) is 18.1. The Bertz CT molecular complexity index is 1760. The van der Waals surface area contributed by atoms with Gasteiger partial charge in [-0.15, -0.1) is 0 Å². The molecule has 0 spiro atoms. The lowest BCUT2D eigenvalue weighted by Crippen LogP contribution is -2.61. The predicted octanol–water partition coefficient (Wildman–Crippen LogP) is 18.2. The molecule has 1 rings (SSSR count). The van der Waals surface area contributed by atoms with Gasteiger partial charge in [0.1, 0.15) is 18.8 Å². The van der Waals surface area contributed by atoms with E-state index in [1.807, 2.05) is 0 Å². The molecule has 476 valence electrons. The van der Waals surface area contributed by atoms with E-state index in [0.717, 1.165) is 135 Å². The van der Waals surface area contributed by atoms with Gasteiger partial charge in [0.2, 0.25) is 0 Å². The van der Waals surface area contributed by atoms with Gasteiger partial charge in [-0.25, -0.2) is 4.79 Å². The summed E-state index contributed by atoms with van der Waals surface area (Å²) in [5.74, 6) is -3.14. The number of aliphatic hydroxyl groups excluding tert-OH is 2. The monoisotopic (exact) mass is 1160 g/mol. The summed E-state index contributed by atoms with van der Waals surface area (Å²) >= 11 is 0. The first-order chi connectivity index (χ1) is 40.6. The number of esters is 3. The fourth-order valence-electron chi connectivity index (χ4n) is 9.84. The van der Waals surface area contributed by atoms with Crippen LogP contribution in [0.25, 0.3) is 0 Å². The van der Waals surface area contributed by atoms with E-state index in [1.54, 1.807) is 0 Å². The Labute approximate surface area is 505 Å². The molecule has 0 radical (unpaired) electrons. The number of hydrogen-bond acceptors (Lipinski definition) is 11. The quantitative estimate of drug-likeness (QED) is 0.0228. The Morgan fingerprint density at radius 3 is 1.18 bits per heavy atom. The number of allylic oxidation sites excluding steroid dienone is 14. The number of unbranched alkanes of at least 4 members (excludes halogenated alkanes) is 29. The maximum atomic E-state index is 13.2. The summed E-state index contributed by atoms with van der Waals surface area (Å²) in [6.07, 6.45) is 63.8. The van der Waals surface area contributed by atoms with E-state index in [2.05, 4.69) is 106 Å². The highest BCUT2D eigenvalue weighted by Gasteiger charge is 2.50. The van der Waals surface area contributed by atoms with Crippen LogP contribution in [0.3, 0.4) is 0 Å². The van der Waals surface area contributed by atoms with Gasteiger partial charge < -0.3 is 39.0 Å². The third kappa shape index (κ3) is 47.8. The van der Waals surface area contributed by atoms with Crippen molar-refractivity contribution in [2.75, 3.05) is 13.2 Å². The molecule has 12 heteroatoms. The van der Waals surface area contributed by atoms with E-state index in [0.29, 0.717) is 19.3 Å². The Hall–Kier alpha value is -4.10. The van der Waals surface area contributed by atoms with Crippen LogP contribution in [0.1, 0.15) is 290 Å². The lowest BCUT2D eigenvalue weighted by atomic mass is 9.98. The Morgan fingerprint density at radius 1 is 0.410 bits per heavy atom. The molecule has 0 saturated carbocycles. The fraction of sp³-hybridized carbons (Fsp3) is 0.746. The summed E-state index contributed by atoms with van der Waals surface area (Å²) in [4.78, 5) is 51.4. The van der Waals surface area contributed by atoms with Crippen LogP contribution in [0.15, 0.2) is 85.1 Å². The third-order valence-corrected chi connectivity index (χ3v) is 15.0. The topological polar surface area (TPSA) is 175 Å². The van der Waals surface area contributed by atoms with Crippen molar-refractivity contribution >= 4 is 23.9 Å². The second-order valence-electron chi connectivity index (χ2n) is 22.7. The summed E-state index contributed by atoms with van der Waals surface area (Å²) in [6, 6.07) is 0. The van der Waals surface area contributed by atoms with E-state index in [1.165, 1.54) is 96.3 Å². The van der Waals surface area contributed by atoms with E-state index in [4.69, 9.17) is 23.7 Å². The number of carbonyl (C=O) groups excluding carboxylic acids is 3. The van der Waals surface area contributed by atoms with Crippen molar-refractivity contribution in [2.45, 2.75) is 327 Å². The smallest absolute Gasteiger partial charge is 0.335 e. The van der Waals surface area contributed by atoms with Gasteiger partial charge in [0.25, 0.3) is 0 Å². The SMILES string of the molecule is CC/C=C\C/C=C\C/C=C\C/C=C\CCCCCCCCC(=O)OC1C(OCC(COC(=O)CCCCCCCC/C=C\C/C=C\C/C=C\CCCCC)OC(=O)CCCCCCCCCCCCCCCCC)OC(C(=O)O)C(O)C1O. The number of carbonyl (C=O) groups is 4. The van der Waals surface area contributed by atoms with Gasteiger partial charge >= 0.3 is 23.9 Å². The van der Waals surface area contributed by atoms with E-state index in [9.17, 15) is 34.5 Å². The summed E-state index contributed by atoms with van der Waals surface area (Å²) in [7, 11) is 0. The van der Waals surface area contributed by atoms with E-state index < -0.39 is 67.3 Å². The van der Waals surface area contributed by atoms with E-state index >= 15 is 0 Å². The van der Waals surface area contributed by atoms with E-state index in [-0.39, 0.29) is 25.9 Å². The van der Waals surface area contributed by atoms with Gasteiger partial charge in [0.05, 0.1) is 6.61 Å². The van der Waals surface area contributed by atoms with Gasteiger partial charge in [-0.05, 0) is 96.3 Å². The van der Waals surface area contributed by atoms with Crippen molar-refractivity contribution in [1.29, 1.82) is 0 Å². The van der Waals surface area contributed by atoms with Crippen LogP contribution in [0.4, 0.5) is 0 Å². The number of ether oxygens (including phenoxy) is 5. The largest absolute Gasteiger partial charge is 0.479 e. The predicted molar refractivity (Wildman–Crippen MR) is 340 cm³/mol. The van der Waals surface area contributed by atoms with Crippen LogP contribution in [-0.2, 0) is 42.9 Å². The Morgan fingerprint density at radius 2 is 0.759 bits per heavy atom. The minimum atomic E-state index is -1.91. The zero-order valence-electron chi connectivity index (χ0n) is 52.7. The van der Waals surface area contributed by atoms with Crippen molar-refractivity contribution in [2.24, 2.45) is 0 Å². The second-order valence-corrected chi connectivity index (χ2v) is 22.7. The molecule has 12 nitrogen and oxygen atoms in total. The van der Waals surface area contributed by atoms with Crippen LogP contribution >= 0.6 is 0 Å². The molecule has 0 aliphatic carbocycles. The van der Waals surface area contributed by atoms with Gasteiger partial charge in [-0.3, -0.25) is 14.4 Å². The van der Waals surface area contributed by atoms with Crippen molar-refractivity contribution in [3.05, 3.63) is 85.1 Å². The summed E-state index contributed by atoms with van der Waals surface area (Å²) in [6.45, 7) is 5.88. The molecule has 3 N–H and O–H groups in total. The number of rotatable bonds is 57. The molecule has 1 saturated heterocycles. The lowest BCUT2D eigenvalue weighted by Gasteiger charge is -2.40. The molecule has 1 heterocycles. The van der Waals surface area contributed by atoms with Gasteiger partial charge in [0.15, 0.2) is 24.6 Å². The average Bonchev–Trinajstić information content (AvgIpc) is 3.60. The highest BCUT2D eigenvalue weighted by atomic mass is 16.7. The van der Waals surface area contributed by atoms with Crippen molar-refractivity contribution < 1.29 is 58.2 Å². The second kappa shape index (κ2) is 58.3. The molecule has 6 atom stereocenters. The number of carboxylic acid groups (broad SMARTS) is 1. The van der Waals surface area contributed by atoms with Crippen LogP contribution in [0.2, 0.25) is 0 Å². The third-order valence-electron chi connectivity index (χ3n) is 15.0. The van der Waals surface area contributed by atoms with Gasteiger partial charge in [0, 0.05) is 19.3 Å². The molecule has 1 aliphatic rings. The van der Waals surface area contributed by atoms with Crippen LogP contribution in [0.5, 0.6) is 0 Å². The first-order valence-electron chi connectivity index (χ1n) is 33.6. The number of aliphatic carboxylic acids is 1. The molecule has 0 aromatic heterocycles. The average molecular weight is 1170 g/mol. The first-order valence-corrected chi connectivity index (χ1v) is 33.6. The standard InChI is InChI=1S/C71H120O12/c1-4-7-10-13-16-19-22-25-28-30-32-34-37-39-42-45-48-51-54-57-63(72)79-60-62(81-64(73)58-55-52-49-46-43-40-36-27-24-21-18-15-12-9-6-3)61-80-71-69(67(76)66(75)68(83-71)70(77)78)82-65(74)59-56-53-50-47-44-41-38-35-33-31-29-26-23-20-17-14-11-8-5-2/h8,11,16-17,19-20,25-26,28-29,32-35,62,66-69,71,75-76H,4-7,9-10,12-15,18,21-24,27,30-31,36-61H2,1-3H3,(H,77,78)/b11-8-,19-16-,20-17-,28-25-,29-26-,34-32-,35-33-. The zero-order valence-corrected chi connectivity index (χ0v) is 52.7. The number of aliphatic hydroxyl groups is 2. The maximum absolute atomic E-state index is 13.2. The summed E-state index contributed by atoms with van der Waals surface area (Å²) < 4.78 is 28.6. The van der Waals surface area contributed by atoms with Crippen molar-refractivity contribution in [1.82, 2.24) is 0 Å². The van der Waals surface area contributed by atoms with Crippen LogP contribution in [-0.4, -0.2) is 89.2 Å². The number of carboxylic acids is 1. The lowest BCUT2D eigenvalue weighted by molar-refractivity contribution is -0.301. The van der Waals surface area contributed by atoms with Crippen LogP contribution in [0, 0.1) is 0 Å². The van der Waals surface area contributed by atoms with Gasteiger partial charge in [-0.1, -0.05) is 260 Å². The zero-order chi connectivity index (χ0) is 60.3. The molecule has 83 heavy (non-hydrogen) atoms. The summed E-state index contributed by atoms with van der Waals surface area (Å²) in [5.41, 5.74) is 0. The molecule has 6 unspecified atom stereocenters.